The third-order valence-electron chi connectivity index (χ3n) is 1.13. The van der Waals surface area contributed by atoms with E-state index < -0.39 is 5.97 Å². The summed E-state index contributed by atoms with van der Waals surface area (Å²) in [5, 5.41) is 8.25. The van der Waals surface area contributed by atoms with Gasteiger partial charge in [-0.1, -0.05) is 31.2 Å². The summed E-state index contributed by atoms with van der Waals surface area (Å²) < 4.78 is 0. The van der Waals surface area contributed by atoms with Gasteiger partial charge in [0.05, 0.1) is 6.42 Å². The molecule has 2 nitrogen and oxygen atoms in total. The molecule has 0 amide bonds. The molecule has 2 heteroatoms. The second-order valence-corrected chi connectivity index (χ2v) is 2.18. The SMILES string of the molecule is CC/C=C/C/C=C/CC(=O)O. The lowest BCUT2D eigenvalue weighted by Gasteiger charge is -1.82. The van der Waals surface area contributed by atoms with Gasteiger partial charge >= 0.3 is 5.97 Å². The molecule has 0 bridgehead atoms. The lowest BCUT2D eigenvalue weighted by atomic mass is 10.3. The van der Waals surface area contributed by atoms with Gasteiger partial charge in [0, 0.05) is 0 Å². The van der Waals surface area contributed by atoms with E-state index in [1.54, 1.807) is 6.08 Å². The molecule has 0 spiro atoms. The molecular formula is C9H14O2. The van der Waals surface area contributed by atoms with Gasteiger partial charge in [-0.2, -0.15) is 0 Å². The zero-order chi connectivity index (χ0) is 8.53. The van der Waals surface area contributed by atoms with E-state index >= 15 is 0 Å². The van der Waals surface area contributed by atoms with Crippen molar-refractivity contribution in [2.24, 2.45) is 0 Å². The van der Waals surface area contributed by atoms with E-state index in [1.165, 1.54) is 0 Å². The van der Waals surface area contributed by atoms with Gasteiger partial charge in [0.15, 0.2) is 0 Å². The quantitative estimate of drug-likeness (QED) is 0.617. The number of carboxylic acids is 1. The van der Waals surface area contributed by atoms with Crippen molar-refractivity contribution in [1.82, 2.24) is 0 Å². The molecule has 0 heterocycles. The van der Waals surface area contributed by atoms with Crippen LogP contribution in [0.4, 0.5) is 0 Å². The Morgan fingerprint density at radius 2 is 1.91 bits per heavy atom. The van der Waals surface area contributed by atoms with Crippen LogP contribution in [0.1, 0.15) is 26.2 Å². The van der Waals surface area contributed by atoms with E-state index in [4.69, 9.17) is 5.11 Å². The molecule has 1 N–H and O–H groups in total. The molecule has 0 aliphatic rings. The summed E-state index contributed by atoms with van der Waals surface area (Å²) in [4.78, 5) is 10.0. The van der Waals surface area contributed by atoms with Gasteiger partial charge in [0.2, 0.25) is 0 Å². The molecule has 0 aliphatic heterocycles. The lowest BCUT2D eigenvalue weighted by Crippen LogP contribution is -1.89. The van der Waals surface area contributed by atoms with Gasteiger partial charge in [-0.3, -0.25) is 4.79 Å². The van der Waals surface area contributed by atoms with Crippen molar-refractivity contribution in [2.45, 2.75) is 26.2 Å². The minimum Gasteiger partial charge on any atom is -0.481 e. The van der Waals surface area contributed by atoms with E-state index in [0.717, 1.165) is 12.8 Å². The summed E-state index contributed by atoms with van der Waals surface area (Å²) in [5.41, 5.74) is 0. The van der Waals surface area contributed by atoms with Crippen LogP contribution in [0.5, 0.6) is 0 Å². The highest BCUT2D eigenvalue weighted by atomic mass is 16.4. The molecule has 0 aromatic carbocycles. The first-order chi connectivity index (χ1) is 5.27. The van der Waals surface area contributed by atoms with E-state index in [2.05, 4.69) is 13.0 Å². The van der Waals surface area contributed by atoms with Crippen molar-refractivity contribution >= 4 is 5.97 Å². The van der Waals surface area contributed by atoms with Gasteiger partial charge in [0.1, 0.15) is 0 Å². The molecule has 11 heavy (non-hydrogen) atoms. The Balaban J connectivity index is 3.30. The second kappa shape index (κ2) is 7.06. The molecule has 0 unspecified atom stereocenters. The normalized spacial score (nSPS) is 11.4. The highest BCUT2D eigenvalue weighted by Crippen LogP contribution is 1.90. The molecular weight excluding hydrogens is 140 g/mol. The Labute approximate surface area is 67.2 Å². The number of carboxylic acid groups (broad SMARTS) is 1. The monoisotopic (exact) mass is 154 g/mol. The first-order valence-electron chi connectivity index (χ1n) is 3.79. The summed E-state index contributed by atoms with van der Waals surface area (Å²) in [5.74, 6) is -0.777. The smallest absolute Gasteiger partial charge is 0.307 e. The van der Waals surface area contributed by atoms with Crippen LogP contribution in [0.2, 0.25) is 0 Å². The molecule has 0 aromatic rings. The third-order valence-corrected chi connectivity index (χ3v) is 1.13. The van der Waals surface area contributed by atoms with Gasteiger partial charge in [-0.15, -0.1) is 0 Å². The van der Waals surface area contributed by atoms with Crippen LogP contribution in [0.3, 0.4) is 0 Å². The fourth-order valence-corrected chi connectivity index (χ4v) is 0.622. The van der Waals surface area contributed by atoms with Crippen molar-refractivity contribution in [1.29, 1.82) is 0 Å². The summed E-state index contributed by atoms with van der Waals surface area (Å²) in [6.45, 7) is 2.07. The zero-order valence-corrected chi connectivity index (χ0v) is 6.79. The van der Waals surface area contributed by atoms with Crippen LogP contribution in [0.25, 0.3) is 0 Å². The van der Waals surface area contributed by atoms with Crippen LogP contribution >= 0.6 is 0 Å². The number of allylic oxidation sites excluding steroid dienone is 3. The van der Waals surface area contributed by atoms with Crippen molar-refractivity contribution < 1.29 is 9.90 Å². The summed E-state index contributed by atoms with van der Waals surface area (Å²) >= 11 is 0. The largest absolute Gasteiger partial charge is 0.481 e. The Bertz CT molecular complexity index is 157. The predicted octanol–water partition coefficient (Wildman–Crippen LogP) is 2.37. The Morgan fingerprint density at radius 1 is 1.27 bits per heavy atom. The number of hydrogen-bond acceptors (Lipinski definition) is 1. The first-order valence-corrected chi connectivity index (χ1v) is 3.79. The number of rotatable bonds is 5. The van der Waals surface area contributed by atoms with Gasteiger partial charge < -0.3 is 5.11 Å². The fraction of sp³-hybridized carbons (Fsp3) is 0.444. The predicted molar refractivity (Wildman–Crippen MR) is 45.4 cm³/mol. The minimum absolute atomic E-state index is 0.125. The molecule has 0 saturated heterocycles. The van der Waals surface area contributed by atoms with Gasteiger partial charge in [-0.05, 0) is 12.8 Å². The van der Waals surface area contributed by atoms with Crippen LogP contribution in [0.15, 0.2) is 24.3 Å². The summed E-state index contributed by atoms with van der Waals surface area (Å²) in [7, 11) is 0. The molecule has 0 fully saturated rings. The van der Waals surface area contributed by atoms with Crippen molar-refractivity contribution in [3.63, 3.8) is 0 Å². The maximum absolute atomic E-state index is 10.0. The zero-order valence-electron chi connectivity index (χ0n) is 6.79. The molecule has 0 aromatic heterocycles. The molecule has 0 saturated carbocycles. The van der Waals surface area contributed by atoms with Gasteiger partial charge in [-0.25, -0.2) is 0 Å². The van der Waals surface area contributed by atoms with Gasteiger partial charge in [0.25, 0.3) is 0 Å². The Morgan fingerprint density at radius 3 is 2.45 bits per heavy atom. The Hall–Kier alpha value is -1.05. The molecule has 0 radical (unpaired) electrons. The highest BCUT2D eigenvalue weighted by molar-refractivity contribution is 5.68. The van der Waals surface area contributed by atoms with Crippen molar-refractivity contribution in [3.8, 4) is 0 Å². The third kappa shape index (κ3) is 8.95. The van der Waals surface area contributed by atoms with Crippen molar-refractivity contribution in [2.75, 3.05) is 0 Å². The summed E-state index contributed by atoms with van der Waals surface area (Å²) in [6, 6.07) is 0. The average Bonchev–Trinajstić information content (AvgIpc) is 1.96. The van der Waals surface area contributed by atoms with Crippen LogP contribution in [-0.4, -0.2) is 11.1 Å². The molecule has 0 atom stereocenters. The standard InChI is InChI=1S/C9H14O2/c1-2-3-4-5-6-7-8-9(10)11/h3-4,6-7H,2,5,8H2,1H3,(H,10,11)/b4-3+,7-6+. The first kappa shape index (κ1) is 9.95. The maximum Gasteiger partial charge on any atom is 0.307 e. The van der Waals surface area contributed by atoms with Crippen LogP contribution in [0, 0.1) is 0 Å². The molecule has 0 rings (SSSR count). The van der Waals surface area contributed by atoms with Crippen LogP contribution in [-0.2, 0) is 4.79 Å². The van der Waals surface area contributed by atoms with E-state index in [9.17, 15) is 4.79 Å². The fourth-order valence-electron chi connectivity index (χ4n) is 0.622. The minimum atomic E-state index is -0.777. The summed E-state index contributed by atoms with van der Waals surface area (Å²) in [6.07, 6.45) is 9.61. The Kier molecular flexibility index (Phi) is 6.39. The number of hydrogen-bond donors (Lipinski definition) is 1. The highest BCUT2D eigenvalue weighted by Gasteiger charge is 1.86. The maximum atomic E-state index is 10.0. The lowest BCUT2D eigenvalue weighted by molar-refractivity contribution is -0.136. The number of carbonyl (C=O) groups is 1. The van der Waals surface area contributed by atoms with Crippen LogP contribution < -0.4 is 0 Å². The van der Waals surface area contributed by atoms with E-state index in [0.29, 0.717) is 0 Å². The van der Waals surface area contributed by atoms with Crippen molar-refractivity contribution in [3.05, 3.63) is 24.3 Å². The van der Waals surface area contributed by atoms with E-state index in [1.807, 2.05) is 12.2 Å². The average molecular weight is 154 g/mol. The molecule has 0 aliphatic carbocycles. The topological polar surface area (TPSA) is 37.3 Å². The molecule has 62 valence electrons. The number of aliphatic carboxylic acids is 1. The van der Waals surface area contributed by atoms with E-state index in [-0.39, 0.29) is 6.42 Å². The second-order valence-electron chi connectivity index (χ2n) is 2.18.